The fourth-order valence-corrected chi connectivity index (χ4v) is 5.18. The number of amides is 1. The molecule has 1 aliphatic rings. The topological polar surface area (TPSA) is 94.5 Å². The third kappa shape index (κ3) is 5.22. The molecular weight excluding hydrogens is 545 g/mol. The van der Waals surface area contributed by atoms with Gasteiger partial charge in [0, 0.05) is 5.69 Å². The lowest BCUT2D eigenvalue weighted by molar-refractivity contribution is -0.132. The van der Waals surface area contributed by atoms with Gasteiger partial charge in [-0.15, -0.1) is 0 Å². The van der Waals surface area contributed by atoms with Crippen molar-refractivity contribution in [2.24, 2.45) is 0 Å². The molecule has 0 aromatic heterocycles. The van der Waals surface area contributed by atoms with E-state index >= 15 is 0 Å². The standard InChI is InChI=1S/C29H27Cl2NO7/c1-5-38-18-11-7-16(8-12-18)24-22(25(33)20-15-21(30)28(37-4)23(31)27(20)36-3)26(34)29(35)32(24)17-9-13-19(14-10-17)39-6-2/h7-15,24,33H,5-6H2,1-4H3/b25-22+. The number of ketones is 1. The Morgan fingerprint density at radius 2 is 1.41 bits per heavy atom. The van der Waals surface area contributed by atoms with Gasteiger partial charge in [-0.25, -0.2) is 0 Å². The van der Waals surface area contributed by atoms with Gasteiger partial charge in [0.05, 0.1) is 49.6 Å². The van der Waals surface area contributed by atoms with Gasteiger partial charge in [0.25, 0.3) is 11.7 Å². The van der Waals surface area contributed by atoms with E-state index in [2.05, 4.69) is 0 Å². The number of halogens is 2. The Labute approximate surface area is 236 Å². The quantitative estimate of drug-likeness (QED) is 0.179. The maximum absolute atomic E-state index is 13.5. The first kappa shape index (κ1) is 28.1. The van der Waals surface area contributed by atoms with Crippen LogP contribution in [0.2, 0.25) is 10.0 Å². The summed E-state index contributed by atoms with van der Waals surface area (Å²) in [7, 11) is 2.74. The average Bonchev–Trinajstić information content (AvgIpc) is 3.19. The minimum atomic E-state index is -0.983. The van der Waals surface area contributed by atoms with Crippen molar-refractivity contribution >= 4 is 46.3 Å². The summed E-state index contributed by atoms with van der Waals surface area (Å²) >= 11 is 12.8. The lowest BCUT2D eigenvalue weighted by Gasteiger charge is -2.26. The molecule has 8 nitrogen and oxygen atoms in total. The van der Waals surface area contributed by atoms with E-state index in [0.717, 1.165) is 0 Å². The number of carbonyl (C=O) groups is 2. The zero-order chi connectivity index (χ0) is 28.3. The number of aliphatic hydroxyl groups excluding tert-OH is 1. The third-order valence-corrected chi connectivity index (χ3v) is 6.80. The van der Waals surface area contributed by atoms with E-state index in [1.807, 2.05) is 13.8 Å². The molecule has 0 radical (unpaired) electrons. The summed E-state index contributed by atoms with van der Waals surface area (Å²) < 4.78 is 21.8. The van der Waals surface area contributed by atoms with Gasteiger partial charge in [0.2, 0.25) is 0 Å². The lowest BCUT2D eigenvalue weighted by Crippen LogP contribution is -2.29. The molecule has 3 aromatic rings. The van der Waals surface area contributed by atoms with Crippen molar-refractivity contribution in [1.82, 2.24) is 0 Å². The van der Waals surface area contributed by atoms with Gasteiger partial charge >= 0.3 is 0 Å². The number of carbonyl (C=O) groups excluding carboxylic acids is 2. The van der Waals surface area contributed by atoms with Crippen molar-refractivity contribution in [3.05, 3.63) is 81.3 Å². The molecule has 1 fully saturated rings. The van der Waals surface area contributed by atoms with Gasteiger partial charge in [-0.2, -0.15) is 0 Å². The highest BCUT2D eigenvalue weighted by Gasteiger charge is 2.47. The number of ether oxygens (including phenoxy) is 4. The highest BCUT2D eigenvalue weighted by molar-refractivity contribution is 6.52. The van der Waals surface area contributed by atoms with Crippen molar-refractivity contribution in [3.63, 3.8) is 0 Å². The zero-order valence-electron chi connectivity index (χ0n) is 21.8. The molecule has 0 bridgehead atoms. The van der Waals surface area contributed by atoms with Crippen molar-refractivity contribution in [1.29, 1.82) is 0 Å². The molecule has 1 amide bonds. The van der Waals surface area contributed by atoms with E-state index in [9.17, 15) is 14.7 Å². The highest BCUT2D eigenvalue weighted by Crippen LogP contribution is 2.48. The molecule has 1 saturated heterocycles. The Hall–Kier alpha value is -3.88. The molecule has 39 heavy (non-hydrogen) atoms. The second kappa shape index (κ2) is 11.9. The van der Waals surface area contributed by atoms with Gasteiger partial charge in [0.1, 0.15) is 22.3 Å². The van der Waals surface area contributed by atoms with Crippen molar-refractivity contribution in [2.75, 3.05) is 32.3 Å². The van der Waals surface area contributed by atoms with Crippen LogP contribution in [-0.2, 0) is 9.59 Å². The summed E-state index contributed by atoms with van der Waals surface area (Å²) in [5, 5.41) is 11.7. The molecule has 1 heterocycles. The first-order chi connectivity index (χ1) is 18.8. The van der Waals surface area contributed by atoms with Crippen molar-refractivity contribution in [2.45, 2.75) is 19.9 Å². The van der Waals surface area contributed by atoms with Gasteiger partial charge in [-0.05, 0) is 61.9 Å². The molecule has 1 atom stereocenters. The molecule has 3 aromatic carbocycles. The molecule has 1 unspecified atom stereocenters. The van der Waals surface area contributed by atoms with Gasteiger partial charge < -0.3 is 24.1 Å². The number of Topliss-reactive ketones (excluding diaryl/α,β-unsaturated/α-hetero) is 1. The number of benzene rings is 3. The monoisotopic (exact) mass is 571 g/mol. The van der Waals surface area contributed by atoms with Crippen LogP contribution in [0.25, 0.3) is 5.76 Å². The Kier molecular flexibility index (Phi) is 8.57. The van der Waals surface area contributed by atoms with Gasteiger partial charge in [0.15, 0.2) is 11.5 Å². The summed E-state index contributed by atoms with van der Waals surface area (Å²) in [5.41, 5.74) is 0.886. The number of hydrogen-bond donors (Lipinski definition) is 1. The predicted octanol–water partition coefficient (Wildman–Crippen LogP) is 6.43. The third-order valence-electron chi connectivity index (χ3n) is 6.17. The van der Waals surface area contributed by atoms with Crippen LogP contribution in [0.3, 0.4) is 0 Å². The largest absolute Gasteiger partial charge is 0.507 e. The summed E-state index contributed by atoms with van der Waals surface area (Å²) in [6.45, 7) is 4.69. The number of nitrogens with zero attached hydrogens (tertiary/aromatic N) is 1. The van der Waals surface area contributed by atoms with Gasteiger partial charge in [-0.1, -0.05) is 35.3 Å². The number of rotatable bonds is 9. The Bertz CT molecular complexity index is 1420. The lowest BCUT2D eigenvalue weighted by atomic mass is 9.94. The summed E-state index contributed by atoms with van der Waals surface area (Å²) in [4.78, 5) is 28.3. The van der Waals surface area contributed by atoms with Crippen LogP contribution in [0.4, 0.5) is 5.69 Å². The van der Waals surface area contributed by atoms with Crippen LogP contribution in [0.5, 0.6) is 23.0 Å². The number of anilines is 1. The van der Waals surface area contributed by atoms with Crippen LogP contribution >= 0.6 is 23.2 Å². The van der Waals surface area contributed by atoms with E-state index in [4.69, 9.17) is 42.1 Å². The molecule has 0 spiro atoms. The van der Waals surface area contributed by atoms with Crippen LogP contribution in [0.1, 0.15) is 31.0 Å². The Morgan fingerprint density at radius 1 is 0.872 bits per heavy atom. The fourth-order valence-electron chi connectivity index (χ4n) is 4.49. The molecule has 1 aliphatic heterocycles. The first-order valence-electron chi connectivity index (χ1n) is 12.1. The van der Waals surface area contributed by atoms with E-state index in [1.165, 1.54) is 25.2 Å². The zero-order valence-corrected chi connectivity index (χ0v) is 23.3. The van der Waals surface area contributed by atoms with Crippen LogP contribution in [0, 0.1) is 0 Å². The summed E-state index contributed by atoms with van der Waals surface area (Å²) in [5.74, 6) is -0.784. The summed E-state index contributed by atoms with van der Waals surface area (Å²) in [6, 6.07) is 14.1. The van der Waals surface area contributed by atoms with Crippen LogP contribution in [-0.4, -0.2) is 44.2 Å². The first-order valence-corrected chi connectivity index (χ1v) is 12.9. The van der Waals surface area contributed by atoms with Crippen LogP contribution < -0.4 is 23.8 Å². The van der Waals surface area contributed by atoms with Gasteiger partial charge in [-0.3, -0.25) is 14.5 Å². The molecule has 204 valence electrons. The van der Waals surface area contributed by atoms with Crippen LogP contribution in [0.15, 0.2) is 60.2 Å². The average molecular weight is 572 g/mol. The number of aliphatic hydroxyl groups is 1. The van der Waals surface area contributed by atoms with E-state index in [0.29, 0.717) is 36.0 Å². The Morgan fingerprint density at radius 3 is 1.92 bits per heavy atom. The predicted molar refractivity (Wildman–Crippen MR) is 150 cm³/mol. The molecule has 10 heteroatoms. The van der Waals surface area contributed by atoms with E-state index in [-0.39, 0.29) is 32.7 Å². The second-order valence-electron chi connectivity index (χ2n) is 8.38. The fraction of sp³-hybridized carbons (Fsp3) is 0.241. The SMILES string of the molecule is CCOc1ccc(C2/C(=C(\O)c3cc(Cl)c(OC)c(Cl)c3OC)C(=O)C(=O)N2c2ccc(OCC)cc2)cc1. The highest BCUT2D eigenvalue weighted by atomic mass is 35.5. The minimum Gasteiger partial charge on any atom is -0.507 e. The minimum absolute atomic E-state index is 0.00686. The molecule has 0 aliphatic carbocycles. The smallest absolute Gasteiger partial charge is 0.300 e. The maximum Gasteiger partial charge on any atom is 0.300 e. The van der Waals surface area contributed by atoms with E-state index < -0.39 is 23.5 Å². The van der Waals surface area contributed by atoms with E-state index in [1.54, 1.807) is 48.5 Å². The molecular formula is C29H27Cl2NO7. The molecule has 4 rings (SSSR count). The molecule has 0 saturated carbocycles. The molecule has 1 N–H and O–H groups in total. The summed E-state index contributed by atoms with van der Waals surface area (Å²) in [6.07, 6.45) is 0. The maximum atomic E-state index is 13.5. The Balaban J connectivity index is 1.95. The normalized spacial score (nSPS) is 16.4. The number of hydrogen-bond acceptors (Lipinski definition) is 7. The van der Waals surface area contributed by atoms with Crippen molar-refractivity contribution < 1.29 is 33.6 Å². The second-order valence-corrected chi connectivity index (χ2v) is 9.17. The van der Waals surface area contributed by atoms with Crippen molar-refractivity contribution in [3.8, 4) is 23.0 Å². The number of methoxy groups -OCH3 is 2.